The fourth-order valence-electron chi connectivity index (χ4n) is 2.31. The zero-order valence-electron chi connectivity index (χ0n) is 12.3. The monoisotopic (exact) mass is 337 g/mol. The van der Waals surface area contributed by atoms with Crippen LogP contribution in [0.1, 0.15) is 16.9 Å². The van der Waals surface area contributed by atoms with E-state index in [1.807, 2.05) is 22.9 Å². The Labute approximate surface area is 137 Å². The molecule has 1 aliphatic rings. The summed E-state index contributed by atoms with van der Waals surface area (Å²) in [6, 6.07) is 4.01. The average Bonchev–Trinajstić information content (AvgIpc) is 3.22. The second-order valence-corrected chi connectivity index (χ2v) is 6.88. The molecule has 1 saturated heterocycles. The van der Waals surface area contributed by atoms with Gasteiger partial charge in [-0.3, -0.25) is 9.69 Å². The van der Waals surface area contributed by atoms with Gasteiger partial charge in [0, 0.05) is 25.0 Å². The van der Waals surface area contributed by atoms with Crippen LogP contribution < -0.4 is 5.32 Å². The Kier molecular flexibility index (Phi) is 5.55. The van der Waals surface area contributed by atoms with E-state index in [0.29, 0.717) is 12.2 Å². The molecule has 0 atom stereocenters. The zero-order valence-corrected chi connectivity index (χ0v) is 13.9. The molecule has 0 radical (unpaired) electrons. The standard InChI is InChI=1S/C15H19N3O2S2/c19-14(16-4-2-5-18-6-8-20-9-7-18)12-11-22-15(17-12)13-3-1-10-21-13/h1,3,10-11H,2,4-9H2,(H,16,19). The first-order chi connectivity index (χ1) is 10.8. The molecule has 0 saturated carbocycles. The van der Waals surface area contributed by atoms with Gasteiger partial charge >= 0.3 is 0 Å². The third kappa shape index (κ3) is 4.13. The Hall–Kier alpha value is -1.28. The minimum absolute atomic E-state index is 0.0824. The van der Waals surface area contributed by atoms with Crippen molar-refractivity contribution in [3.63, 3.8) is 0 Å². The highest BCUT2D eigenvalue weighted by Crippen LogP contribution is 2.27. The maximum Gasteiger partial charge on any atom is 0.270 e. The van der Waals surface area contributed by atoms with Gasteiger partial charge in [-0.05, 0) is 24.4 Å². The lowest BCUT2D eigenvalue weighted by molar-refractivity contribution is 0.0374. The molecule has 1 amide bonds. The van der Waals surface area contributed by atoms with Gasteiger partial charge in [-0.2, -0.15) is 0 Å². The number of aromatic nitrogens is 1. The molecule has 0 unspecified atom stereocenters. The lowest BCUT2D eigenvalue weighted by Crippen LogP contribution is -2.38. The van der Waals surface area contributed by atoms with E-state index in [2.05, 4.69) is 15.2 Å². The van der Waals surface area contributed by atoms with Crippen LogP contribution in [0.2, 0.25) is 0 Å². The molecule has 2 aromatic heterocycles. The van der Waals surface area contributed by atoms with Gasteiger partial charge in [0.05, 0.1) is 18.1 Å². The Morgan fingerprint density at radius 1 is 1.36 bits per heavy atom. The highest BCUT2D eigenvalue weighted by atomic mass is 32.1. The summed E-state index contributed by atoms with van der Waals surface area (Å²) in [5.74, 6) is -0.0824. The SMILES string of the molecule is O=C(NCCCN1CCOCC1)c1csc(-c2cccs2)n1. The Morgan fingerprint density at radius 3 is 3.00 bits per heavy atom. The first-order valence-corrected chi connectivity index (χ1v) is 9.16. The van der Waals surface area contributed by atoms with Crippen LogP contribution in [-0.2, 0) is 4.74 Å². The fraction of sp³-hybridized carbons (Fsp3) is 0.467. The summed E-state index contributed by atoms with van der Waals surface area (Å²) in [5, 5.41) is 7.70. The molecule has 5 nitrogen and oxygen atoms in total. The van der Waals surface area contributed by atoms with Gasteiger partial charge < -0.3 is 10.1 Å². The molecule has 1 fully saturated rings. The van der Waals surface area contributed by atoms with Gasteiger partial charge in [0.2, 0.25) is 0 Å². The molecule has 22 heavy (non-hydrogen) atoms. The minimum atomic E-state index is -0.0824. The predicted octanol–water partition coefficient (Wildman–Crippen LogP) is 2.32. The third-order valence-corrected chi connectivity index (χ3v) is 5.39. The molecule has 0 aromatic carbocycles. The van der Waals surface area contributed by atoms with E-state index < -0.39 is 0 Å². The van der Waals surface area contributed by atoms with E-state index in [1.54, 1.807) is 11.3 Å². The van der Waals surface area contributed by atoms with Gasteiger partial charge in [0.15, 0.2) is 0 Å². The second-order valence-electron chi connectivity index (χ2n) is 5.08. The summed E-state index contributed by atoms with van der Waals surface area (Å²) in [6.45, 7) is 5.30. The highest BCUT2D eigenvalue weighted by Gasteiger charge is 2.13. The van der Waals surface area contributed by atoms with E-state index in [1.165, 1.54) is 11.3 Å². The van der Waals surface area contributed by atoms with Crippen molar-refractivity contribution in [1.82, 2.24) is 15.2 Å². The first-order valence-electron chi connectivity index (χ1n) is 7.40. The van der Waals surface area contributed by atoms with Crippen LogP contribution >= 0.6 is 22.7 Å². The Bertz CT molecular complexity index is 592. The van der Waals surface area contributed by atoms with E-state index in [-0.39, 0.29) is 5.91 Å². The average molecular weight is 337 g/mol. The van der Waals surface area contributed by atoms with Gasteiger partial charge in [-0.1, -0.05) is 6.07 Å². The smallest absolute Gasteiger partial charge is 0.270 e. The topological polar surface area (TPSA) is 54.5 Å². The van der Waals surface area contributed by atoms with Crippen LogP contribution in [0.5, 0.6) is 0 Å². The van der Waals surface area contributed by atoms with Crippen molar-refractivity contribution in [3.8, 4) is 9.88 Å². The normalized spacial score (nSPS) is 15.8. The molecule has 0 spiro atoms. The Balaban J connectivity index is 1.42. The number of nitrogens with one attached hydrogen (secondary N) is 1. The van der Waals surface area contributed by atoms with Gasteiger partial charge in [0.25, 0.3) is 5.91 Å². The van der Waals surface area contributed by atoms with Crippen molar-refractivity contribution in [1.29, 1.82) is 0 Å². The van der Waals surface area contributed by atoms with Gasteiger partial charge in [0.1, 0.15) is 10.7 Å². The lowest BCUT2D eigenvalue weighted by Gasteiger charge is -2.26. The number of nitrogens with zero attached hydrogens (tertiary/aromatic N) is 2. The number of thiophene rings is 1. The van der Waals surface area contributed by atoms with Crippen LogP contribution in [0.3, 0.4) is 0 Å². The zero-order chi connectivity index (χ0) is 15.2. The van der Waals surface area contributed by atoms with Crippen molar-refractivity contribution < 1.29 is 9.53 Å². The van der Waals surface area contributed by atoms with Crippen LogP contribution in [0.25, 0.3) is 9.88 Å². The summed E-state index contributed by atoms with van der Waals surface area (Å²) >= 11 is 3.15. The number of carbonyl (C=O) groups excluding carboxylic acids is 1. The van der Waals surface area contributed by atoms with Gasteiger partial charge in [-0.25, -0.2) is 4.98 Å². The molecule has 7 heteroatoms. The molecule has 0 aliphatic carbocycles. The number of thiazole rings is 1. The Morgan fingerprint density at radius 2 is 2.23 bits per heavy atom. The summed E-state index contributed by atoms with van der Waals surface area (Å²) in [4.78, 5) is 20.0. The number of carbonyl (C=O) groups is 1. The van der Waals surface area contributed by atoms with Crippen molar-refractivity contribution in [2.75, 3.05) is 39.4 Å². The number of hydrogen-bond donors (Lipinski definition) is 1. The van der Waals surface area contributed by atoms with Crippen molar-refractivity contribution in [2.45, 2.75) is 6.42 Å². The summed E-state index contributed by atoms with van der Waals surface area (Å²) < 4.78 is 5.32. The third-order valence-electron chi connectivity index (χ3n) is 3.51. The lowest BCUT2D eigenvalue weighted by atomic mass is 10.3. The molecule has 3 rings (SSSR count). The number of hydrogen-bond acceptors (Lipinski definition) is 6. The quantitative estimate of drug-likeness (QED) is 0.822. The summed E-state index contributed by atoms with van der Waals surface area (Å²) in [6.07, 6.45) is 0.952. The second kappa shape index (κ2) is 7.82. The van der Waals surface area contributed by atoms with Crippen molar-refractivity contribution >= 4 is 28.6 Å². The predicted molar refractivity (Wildman–Crippen MR) is 89.6 cm³/mol. The largest absolute Gasteiger partial charge is 0.379 e. The molecule has 118 valence electrons. The molecular weight excluding hydrogens is 318 g/mol. The summed E-state index contributed by atoms with van der Waals surface area (Å²) in [5.41, 5.74) is 0.514. The number of ether oxygens (including phenoxy) is 1. The first kappa shape index (κ1) is 15.6. The molecule has 1 N–H and O–H groups in total. The molecule has 0 bridgehead atoms. The fourth-order valence-corrected chi connectivity index (χ4v) is 3.93. The maximum absolute atomic E-state index is 12.1. The molecule has 3 heterocycles. The van der Waals surface area contributed by atoms with Crippen LogP contribution in [-0.4, -0.2) is 55.2 Å². The number of amides is 1. The molecular formula is C15H19N3O2S2. The van der Waals surface area contributed by atoms with E-state index in [0.717, 1.165) is 49.2 Å². The van der Waals surface area contributed by atoms with Crippen molar-refractivity contribution in [3.05, 3.63) is 28.6 Å². The number of rotatable bonds is 6. The van der Waals surface area contributed by atoms with E-state index >= 15 is 0 Å². The van der Waals surface area contributed by atoms with Crippen molar-refractivity contribution in [2.24, 2.45) is 0 Å². The van der Waals surface area contributed by atoms with Crippen LogP contribution in [0.15, 0.2) is 22.9 Å². The minimum Gasteiger partial charge on any atom is -0.379 e. The highest BCUT2D eigenvalue weighted by molar-refractivity contribution is 7.20. The maximum atomic E-state index is 12.1. The van der Waals surface area contributed by atoms with E-state index in [9.17, 15) is 4.79 Å². The van der Waals surface area contributed by atoms with Gasteiger partial charge in [-0.15, -0.1) is 22.7 Å². The summed E-state index contributed by atoms with van der Waals surface area (Å²) in [7, 11) is 0. The molecule has 2 aromatic rings. The number of morpholine rings is 1. The van der Waals surface area contributed by atoms with Crippen LogP contribution in [0.4, 0.5) is 0 Å². The van der Waals surface area contributed by atoms with Crippen LogP contribution in [0, 0.1) is 0 Å². The molecule has 1 aliphatic heterocycles. The van der Waals surface area contributed by atoms with E-state index in [4.69, 9.17) is 4.74 Å².